The molecule has 27 heavy (non-hydrogen) atoms. The molecule has 1 atom stereocenters. The van der Waals surface area contributed by atoms with Crippen LogP contribution in [0.3, 0.4) is 0 Å². The minimum absolute atomic E-state index is 0.608. The minimum atomic E-state index is -1.27. The molecule has 0 saturated carbocycles. The predicted octanol–water partition coefficient (Wildman–Crippen LogP) is 9.41. The summed E-state index contributed by atoms with van der Waals surface area (Å²) >= 11 is 0. The molecule has 0 amide bonds. The Hall–Kier alpha value is 0.177. The van der Waals surface area contributed by atoms with Crippen LogP contribution in [0.4, 0.5) is 0 Å². The molecule has 0 aromatic rings. The predicted molar refractivity (Wildman–Crippen MR) is 125 cm³/mol. The molecule has 1 unspecified atom stereocenters. The van der Waals surface area contributed by atoms with Crippen LogP contribution in [0.1, 0.15) is 135 Å². The fourth-order valence-electron chi connectivity index (χ4n) is 4.62. The standard InChI is InChI=1S/C25H52OSi/c1-4-5-6-7-8-9-10-11-12-13-14-15-16-17-18-19-20-22-25-23-21-24-27(2,3)26-25/h25H,4-24H2,1-3H3. The van der Waals surface area contributed by atoms with Crippen LogP contribution < -0.4 is 0 Å². The highest BCUT2D eigenvalue weighted by atomic mass is 28.4. The monoisotopic (exact) mass is 396 g/mol. The van der Waals surface area contributed by atoms with Gasteiger partial charge in [0.2, 0.25) is 0 Å². The van der Waals surface area contributed by atoms with Crippen LogP contribution in [0.5, 0.6) is 0 Å². The van der Waals surface area contributed by atoms with Crippen LogP contribution in [-0.4, -0.2) is 14.4 Å². The Morgan fingerprint density at radius 3 is 1.44 bits per heavy atom. The SMILES string of the molecule is CCCCCCCCCCCCCCCCCCCC1CCC[Si](C)(C)O1. The largest absolute Gasteiger partial charge is 0.414 e. The summed E-state index contributed by atoms with van der Waals surface area (Å²) in [5, 5.41) is 0. The summed E-state index contributed by atoms with van der Waals surface area (Å²) in [5.41, 5.74) is 0. The van der Waals surface area contributed by atoms with Gasteiger partial charge in [0.15, 0.2) is 8.32 Å². The normalized spacial score (nSPS) is 19.4. The van der Waals surface area contributed by atoms with E-state index in [1.165, 1.54) is 134 Å². The molecule has 162 valence electrons. The smallest absolute Gasteiger partial charge is 0.187 e. The highest BCUT2D eigenvalue weighted by Gasteiger charge is 2.30. The van der Waals surface area contributed by atoms with Crippen LogP contribution in [-0.2, 0) is 4.43 Å². The van der Waals surface area contributed by atoms with Gasteiger partial charge in [0.1, 0.15) is 0 Å². The molecule has 1 saturated heterocycles. The summed E-state index contributed by atoms with van der Waals surface area (Å²) in [6, 6.07) is 1.38. The van der Waals surface area contributed by atoms with E-state index in [1.807, 2.05) is 0 Å². The van der Waals surface area contributed by atoms with E-state index in [-0.39, 0.29) is 0 Å². The molecule has 0 spiro atoms. The fourth-order valence-corrected chi connectivity index (χ4v) is 6.94. The summed E-state index contributed by atoms with van der Waals surface area (Å²) in [4.78, 5) is 0. The lowest BCUT2D eigenvalue weighted by molar-refractivity contribution is 0.148. The highest BCUT2D eigenvalue weighted by Crippen LogP contribution is 2.28. The number of unbranched alkanes of at least 4 members (excludes halogenated alkanes) is 16. The van der Waals surface area contributed by atoms with Crippen molar-refractivity contribution in [2.45, 2.75) is 161 Å². The van der Waals surface area contributed by atoms with Crippen LogP contribution >= 0.6 is 0 Å². The first-order valence-electron chi connectivity index (χ1n) is 12.8. The molecule has 1 aliphatic rings. The molecule has 1 aliphatic heterocycles. The van der Waals surface area contributed by atoms with E-state index in [0.29, 0.717) is 6.10 Å². The quantitative estimate of drug-likeness (QED) is 0.165. The zero-order chi connectivity index (χ0) is 19.6. The van der Waals surface area contributed by atoms with Crippen molar-refractivity contribution in [3.8, 4) is 0 Å². The summed E-state index contributed by atoms with van der Waals surface area (Å²) in [6.45, 7) is 7.09. The van der Waals surface area contributed by atoms with Crippen molar-refractivity contribution in [1.29, 1.82) is 0 Å². The fraction of sp³-hybridized carbons (Fsp3) is 1.00. The zero-order valence-electron chi connectivity index (χ0n) is 19.3. The number of hydrogen-bond acceptors (Lipinski definition) is 1. The molecule has 0 radical (unpaired) electrons. The van der Waals surface area contributed by atoms with Gasteiger partial charge in [-0.2, -0.15) is 0 Å². The molecule has 1 rings (SSSR count). The van der Waals surface area contributed by atoms with Crippen LogP contribution in [0.2, 0.25) is 19.1 Å². The summed E-state index contributed by atoms with van der Waals surface area (Å²) < 4.78 is 6.34. The van der Waals surface area contributed by atoms with E-state index in [9.17, 15) is 0 Å². The van der Waals surface area contributed by atoms with Gasteiger partial charge >= 0.3 is 0 Å². The van der Waals surface area contributed by atoms with Crippen molar-refractivity contribution < 1.29 is 4.43 Å². The number of hydrogen-bond donors (Lipinski definition) is 0. The lowest BCUT2D eigenvalue weighted by Gasteiger charge is -2.34. The topological polar surface area (TPSA) is 9.23 Å². The van der Waals surface area contributed by atoms with Crippen LogP contribution in [0.15, 0.2) is 0 Å². The highest BCUT2D eigenvalue weighted by molar-refractivity contribution is 6.71. The van der Waals surface area contributed by atoms with Crippen molar-refractivity contribution in [2.24, 2.45) is 0 Å². The Kier molecular flexibility index (Phi) is 15.9. The Morgan fingerprint density at radius 1 is 0.630 bits per heavy atom. The summed E-state index contributed by atoms with van der Waals surface area (Å²) in [5.74, 6) is 0. The van der Waals surface area contributed by atoms with Gasteiger partial charge in [0.25, 0.3) is 0 Å². The molecule has 1 fully saturated rings. The lowest BCUT2D eigenvalue weighted by Crippen LogP contribution is -2.39. The second-order valence-electron chi connectivity index (χ2n) is 9.84. The third-order valence-corrected chi connectivity index (χ3v) is 8.95. The van der Waals surface area contributed by atoms with Gasteiger partial charge < -0.3 is 4.43 Å². The third-order valence-electron chi connectivity index (χ3n) is 6.42. The Labute approximate surface area is 173 Å². The molecular weight excluding hydrogens is 344 g/mol. The van der Waals surface area contributed by atoms with Gasteiger partial charge in [-0.3, -0.25) is 0 Å². The Morgan fingerprint density at radius 2 is 1.04 bits per heavy atom. The second kappa shape index (κ2) is 17.1. The molecule has 1 nitrogen and oxygen atoms in total. The van der Waals surface area contributed by atoms with Gasteiger partial charge in [-0.15, -0.1) is 0 Å². The average molecular weight is 397 g/mol. The molecule has 0 bridgehead atoms. The molecular formula is C25H52OSi. The van der Waals surface area contributed by atoms with Gasteiger partial charge in [-0.1, -0.05) is 122 Å². The lowest BCUT2D eigenvalue weighted by atomic mass is 10.0. The third kappa shape index (κ3) is 15.7. The number of rotatable bonds is 18. The Bertz CT molecular complexity index is 315. The van der Waals surface area contributed by atoms with E-state index >= 15 is 0 Å². The maximum atomic E-state index is 6.34. The first-order valence-corrected chi connectivity index (χ1v) is 15.9. The van der Waals surface area contributed by atoms with Crippen molar-refractivity contribution in [1.82, 2.24) is 0 Å². The van der Waals surface area contributed by atoms with Gasteiger partial charge in [0, 0.05) is 6.10 Å². The van der Waals surface area contributed by atoms with Crippen molar-refractivity contribution in [2.75, 3.05) is 0 Å². The van der Waals surface area contributed by atoms with Crippen molar-refractivity contribution >= 4 is 8.32 Å². The first-order chi connectivity index (χ1) is 13.1. The van der Waals surface area contributed by atoms with Gasteiger partial charge in [-0.05, 0) is 32.0 Å². The van der Waals surface area contributed by atoms with E-state index in [2.05, 4.69) is 20.0 Å². The molecule has 0 N–H and O–H groups in total. The second-order valence-corrected chi connectivity index (χ2v) is 14.1. The maximum absolute atomic E-state index is 6.34. The summed E-state index contributed by atoms with van der Waals surface area (Å²) in [7, 11) is -1.27. The summed E-state index contributed by atoms with van der Waals surface area (Å²) in [6.07, 6.45) is 29.5. The van der Waals surface area contributed by atoms with Crippen LogP contribution in [0, 0.1) is 0 Å². The van der Waals surface area contributed by atoms with E-state index < -0.39 is 8.32 Å². The van der Waals surface area contributed by atoms with Gasteiger partial charge in [-0.25, -0.2) is 0 Å². The average Bonchev–Trinajstić information content (AvgIpc) is 2.63. The van der Waals surface area contributed by atoms with Crippen molar-refractivity contribution in [3.63, 3.8) is 0 Å². The molecule has 0 aromatic heterocycles. The van der Waals surface area contributed by atoms with E-state index in [0.717, 1.165) is 0 Å². The van der Waals surface area contributed by atoms with Crippen LogP contribution in [0.25, 0.3) is 0 Å². The van der Waals surface area contributed by atoms with E-state index in [4.69, 9.17) is 4.43 Å². The zero-order valence-corrected chi connectivity index (χ0v) is 20.3. The molecule has 0 aliphatic carbocycles. The molecule has 1 heterocycles. The van der Waals surface area contributed by atoms with Crippen molar-refractivity contribution in [3.05, 3.63) is 0 Å². The molecule has 0 aromatic carbocycles. The minimum Gasteiger partial charge on any atom is -0.414 e. The van der Waals surface area contributed by atoms with Gasteiger partial charge in [0.05, 0.1) is 0 Å². The maximum Gasteiger partial charge on any atom is 0.187 e. The molecule has 2 heteroatoms. The van der Waals surface area contributed by atoms with E-state index in [1.54, 1.807) is 0 Å². The first kappa shape index (κ1) is 25.2. The Balaban J connectivity index is 1.72.